The Morgan fingerprint density at radius 1 is 0.769 bits per heavy atom. The summed E-state index contributed by atoms with van der Waals surface area (Å²) in [4.78, 5) is 0. The molecule has 0 saturated heterocycles. The van der Waals surface area contributed by atoms with Crippen LogP contribution in [0.4, 0.5) is 0 Å². The Hall–Kier alpha value is -1.18. The average molecular weight is 533 g/mol. The summed E-state index contributed by atoms with van der Waals surface area (Å²) in [6.45, 7) is 2.29. The van der Waals surface area contributed by atoms with Gasteiger partial charge in [-0.2, -0.15) is 12.1 Å². The molecule has 0 heterocycles. The fraction of sp³-hybridized carbons (Fsp3) is 0.182. The minimum Gasteiger partial charge on any atom is -1.00 e. The molecule has 0 radical (unpaired) electrons. The Morgan fingerprint density at radius 2 is 1.23 bits per heavy atom. The largest absolute Gasteiger partial charge is 4.00 e. The van der Waals surface area contributed by atoms with Crippen LogP contribution in [0.15, 0.2) is 72.8 Å². The van der Waals surface area contributed by atoms with Gasteiger partial charge in [0.25, 0.3) is 0 Å². The smallest absolute Gasteiger partial charge is 1.00 e. The Morgan fingerprint density at radius 3 is 1.65 bits per heavy atom. The summed E-state index contributed by atoms with van der Waals surface area (Å²) in [5.74, 6) is 0. The zero-order chi connectivity index (χ0) is 15.6. The normalized spacial score (nSPS) is 10.4. The van der Waals surface area contributed by atoms with E-state index < -0.39 is 0 Å². The summed E-state index contributed by atoms with van der Waals surface area (Å²) in [5, 5.41) is 8.57. The Balaban J connectivity index is 0.00000113. The molecule has 0 aliphatic heterocycles. The maximum Gasteiger partial charge on any atom is 4.00 e. The first-order valence-corrected chi connectivity index (χ1v) is 9.96. The van der Waals surface area contributed by atoms with Gasteiger partial charge in [-0.1, -0.05) is 33.4 Å². The quantitative estimate of drug-likeness (QED) is 0.188. The predicted octanol–water partition coefficient (Wildman–Crippen LogP) is -0.331. The average Bonchev–Trinajstić information content (AvgIpc) is 3.19. The molecule has 0 saturated carbocycles. The van der Waals surface area contributed by atoms with Crippen molar-refractivity contribution in [2.45, 2.75) is 19.8 Å². The number of benzene rings is 2. The van der Waals surface area contributed by atoms with Gasteiger partial charge in [0.2, 0.25) is 0 Å². The molecule has 0 nitrogen and oxygen atoms in total. The molecule has 0 bridgehead atoms. The van der Waals surface area contributed by atoms with E-state index in [-0.39, 0.29) is 43.2 Å². The summed E-state index contributed by atoms with van der Waals surface area (Å²) >= 11 is 0. The fourth-order valence-electron chi connectivity index (χ4n) is 3.30. The zero-order valence-corrected chi connectivity index (χ0v) is 19.2. The molecule has 0 aromatic heterocycles. The summed E-state index contributed by atoms with van der Waals surface area (Å²) in [6.07, 6.45) is 3.85. The number of hydrogen-bond donors (Lipinski definition) is 0. The first-order chi connectivity index (χ1) is 11.3. The van der Waals surface area contributed by atoms with Crippen molar-refractivity contribution in [2.75, 3.05) is 6.16 Å². The summed E-state index contributed by atoms with van der Waals surface area (Å²) < 4.78 is 0. The van der Waals surface area contributed by atoms with Gasteiger partial charge in [-0.15, -0.1) is 80.7 Å². The molecule has 0 spiro atoms. The predicted molar refractivity (Wildman–Crippen MR) is 105 cm³/mol. The molecule has 0 amide bonds. The van der Waals surface area contributed by atoms with E-state index in [1.54, 1.807) is 0 Å². The Bertz CT molecular complexity index is 801. The topological polar surface area (TPSA) is 0 Å². The maximum absolute atomic E-state index is 2.41. The van der Waals surface area contributed by atoms with Crippen LogP contribution in [-0.4, -0.2) is 6.16 Å². The van der Waals surface area contributed by atoms with Crippen LogP contribution in [0.3, 0.4) is 0 Å². The van der Waals surface area contributed by atoms with E-state index >= 15 is 0 Å². The third kappa shape index (κ3) is 4.56. The van der Waals surface area contributed by atoms with Crippen LogP contribution in [0.25, 0.3) is 21.5 Å². The summed E-state index contributed by atoms with van der Waals surface area (Å²) in [6, 6.07) is 27.1. The van der Waals surface area contributed by atoms with E-state index in [1.165, 1.54) is 51.2 Å². The first-order valence-electron chi connectivity index (χ1n) is 8.43. The number of fused-ring (bicyclic) bond motifs is 2. The number of hydrogen-bond acceptors (Lipinski definition) is 0. The van der Waals surface area contributed by atoms with Crippen LogP contribution in [0, 0.1) is 0 Å². The number of halogens is 2. The first kappa shape index (κ1) is 22.9. The van der Waals surface area contributed by atoms with Crippen molar-refractivity contribution in [1.82, 2.24) is 0 Å². The molecule has 132 valence electrons. The second kappa shape index (κ2) is 10.2. The monoisotopic (exact) mass is 534 g/mol. The van der Waals surface area contributed by atoms with Gasteiger partial charge >= 0.3 is 25.8 Å². The van der Waals surface area contributed by atoms with Crippen LogP contribution < -0.4 is 20.0 Å². The Labute approximate surface area is 173 Å². The Kier molecular flexibility index (Phi) is 9.00. The molecular formula is C22H21F2HfP. The van der Waals surface area contributed by atoms with Crippen LogP contribution in [0.1, 0.15) is 19.8 Å². The van der Waals surface area contributed by atoms with Crippen molar-refractivity contribution < 1.29 is 35.3 Å². The molecule has 4 heteroatoms. The molecular weight excluding hydrogens is 512 g/mol. The van der Waals surface area contributed by atoms with Crippen LogP contribution >= 0.6 is 7.92 Å². The molecule has 0 aliphatic rings. The van der Waals surface area contributed by atoms with Gasteiger partial charge in [-0.25, -0.2) is 0 Å². The minimum absolute atomic E-state index is 0. The third-order valence-electron chi connectivity index (χ3n) is 4.56. The maximum atomic E-state index is 2.41. The van der Waals surface area contributed by atoms with E-state index in [0.717, 1.165) is 0 Å². The van der Waals surface area contributed by atoms with Gasteiger partial charge in [-0.3, -0.25) is 0 Å². The van der Waals surface area contributed by atoms with E-state index in [1.807, 2.05) is 0 Å². The van der Waals surface area contributed by atoms with E-state index in [9.17, 15) is 0 Å². The van der Waals surface area contributed by atoms with Crippen molar-refractivity contribution in [2.24, 2.45) is 0 Å². The summed E-state index contributed by atoms with van der Waals surface area (Å²) in [5.41, 5.74) is 0. The van der Waals surface area contributed by atoms with Crippen LogP contribution in [0.5, 0.6) is 0 Å². The van der Waals surface area contributed by atoms with E-state index in [0.29, 0.717) is 0 Å². The molecule has 0 fully saturated rings. The third-order valence-corrected chi connectivity index (χ3v) is 7.09. The van der Waals surface area contributed by atoms with Crippen LogP contribution in [-0.2, 0) is 25.8 Å². The second-order valence-corrected chi connectivity index (χ2v) is 8.53. The SMILES string of the molecule is CCCCP(c1cc2ccccc2[cH-]1)c1cc2ccccc2[cH-]1.[F-].[F-].[Hf+4]. The molecule has 0 aliphatic carbocycles. The molecule has 4 aromatic rings. The molecule has 4 rings (SSSR count). The fourth-order valence-corrected chi connectivity index (χ4v) is 5.93. The zero-order valence-electron chi connectivity index (χ0n) is 14.8. The van der Waals surface area contributed by atoms with Crippen molar-refractivity contribution in [3.8, 4) is 0 Å². The van der Waals surface area contributed by atoms with E-state index in [2.05, 4.69) is 79.7 Å². The molecule has 0 atom stereocenters. The number of unbranched alkanes of at least 4 members (excludes halogenated alkanes) is 1. The molecule has 0 unspecified atom stereocenters. The van der Waals surface area contributed by atoms with Crippen molar-refractivity contribution in [1.29, 1.82) is 0 Å². The molecule has 4 aromatic carbocycles. The molecule has 0 N–H and O–H groups in total. The molecule has 26 heavy (non-hydrogen) atoms. The number of rotatable bonds is 5. The van der Waals surface area contributed by atoms with Crippen LogP contribution in [0.2, 0.25) is 0 Å². The van der Waals surface area contributed by atoms with Crippen molar-refractivity contribution >= 4 is 40.1 Å². The standard InChI is InChI=1S/C22H21P.2FH.Hf/c1-2-3-12-23(21-13-17-8-4-5-9-18(17)14-21)22-15-19-10-6-7-11-20(19)16-22;;;/h4-11,13-16H,2-3,12H2,1H3;2*1H;/q-2;;;+4/p-2. The van der Waals surface area contributed by atoms with Crippen molar-refractivity contribution in [3.05, 3.63) is 72.8 Å². The van der Waals surface area contributed by atoms with Gasteiger partial charge in [0.05, 0.1) is 0 Å². The van der Waals surface area contributed by atoms with Gasteiger partial charge < -0.3 is 9.41 Å². The minimum atomic E-state index is -0.250. The van der Waals surface area contributed by atoms with Gasteiger partial charge in [0, 0.05) is 0 Å². The van der Waals surface area contributed by atoms with Crippen molar-refractivity contribution in [3.63, 3.8) is 0 Å². The van der Waals surface area contributed by atoms with Gasteiger partial charge in [-0.05, 0) is 12.6 Å². The van der Waals surface area contributed by atoms with Gasteiger partial charge in [0.1, 0.15) is 0 Å². The van der Waals surface area contributed by atoms with Gasteiger partial charge in [0.15, 0.2) is 0 Å². The second-order valence-electron chi connectivity index (χ2n) is 6.19. The summed E-state index contributed by atoms with van der Waals surface area (Å²) in [7, 11) is -0.250. The van der Waals surface area contributed by atoms with E-state index in [4.69, 9.17) is 0 Å².